The predicted octanol–water partition coefficient (Wildman–Crippen LogP) is 2.20. The molecule has 2 fully saturated rings. The Morgan fingerprint density at radius 1 is 1.47 bits per heavy atom. The molecule has 0 bridgehead atoms. The zero-order valence-electron chi connectivity index (χ0n) is 9.50. The van der Waals surface area contributed by atoms with Crippen LogP contribution in [-0.4, -0.2) is 30.2 Å². The molecule has 3 rings (SSSR count). The molecular formula is C12H15ClFN3. The normalized spacial score (nSPS) is 28.2. The number of anilines is 1. The summed E-state index contributed by atoms with van der Waals surface area (Å²) in [7, 11) is 0. The van der Waals surface area contributed by atoms with Gasteiger partial charge in [0.25, 0.3) is 0 Å². The molecular weight excluding hydrogens is 241 g/mol. The molecule has 0 amide bonds. The van der Waals surface area contributed by atoms with E-state index in [-0.39, 0.29) is 5.15 Å². The Morgan fingerprint density at radius 3 is 3.18 bits per heavy atom. The van der Waals surface area contributed by atoms with Gasteiger partial charge in [-0.1, -0.05) is 11.6 Å². The first-order valence-corrected chi connectivity index (χ1v) is 6.44. The van der Waals surface area contributed by atoms with Crippen molar-refractivity contribution in [1.29, 1.82) is 0 Å². The predicted molar refractivity (Wildman–Crippen MR) is 66.0 cm³/mol. The number of piperidine rings is 1. The standard InChI is InChI=1S/C12H15ClFN3/c13-12-9(14)6-8(7-16-12)17-5-1-2-10-11(17)3-4-15-10/h6-7,10-11,15H,1-5H2/t10-,11-/m0/s1. The third kappa shape index (κ3) is 2.00. The summed E-state index contributed by atoms with van der Waals surface area (Å²) in [5, 5.41) is 3.45. The number of fused-ring (bicyclic) bond motifs is 1. The summed E-state index contributed by atoms with van der Waals surface area (Å²) >= 11 is 5.61. The number of rotatable bonds is 1. The summed E-state index contributed by atoms with van der Waals surface area (Å²) < 4.78 is 13.4. The fraction of sp³-hybridized carbons (Fsp3) is 0.583. The van der Waals surface area contributed by atoms with E-state index in [0.717, 1.165) is 31.6 Å². The number of nitrogens with zero attached hydrogens (tertiary/aromatic N) is 2. The second-order valence-electron chi connectivity index (χ2n) is 4.72. The second kappa shape index (κ2) is 4.42. The quantitative estimate of drug-likeness (QED) is 0.780. The first-order chi connectivity index (χ1) is 8.25. The van der Waals surface area contributed by atoms with Gasteiger partial charge in [0.15, 0.2) is 11.0 Å². The molecule has 3 nitrogen and oxygen atoms in total. The molecule has 1 N–H and O–H groups in total. The summed E-state index contributed by atoms with van der Waals surface area (Å²) in [4.78, 5) is 6.16. The number of aromatic nitrogens is 1. The molecule has 0 aliphatic carbocycles. The smallest absolute Gasteiger partial charge is 0.164 e. The summed E-state index contributed by atoms with van der Waals surface area (Å²) in [6, 6.07) is 2.52. The van der Waals surface area contributed by atoms with Crippen LogP contribution in [0.3, 0.4) is 0 Å². The number of nitrogens with one attached hydrogen (secondary N) is 1. The van der Waals surface area contributed by atoms with Crippen LogP contribution in [-0.2, 0) is 0 Å². The van der Waals surface area contributed by atoms with E-state index in [1.165, 1.54) is 12.5 Å². The van der Waals surface area contributed by atoms with E-state index >= 15 is 0 Å². The van der Waals surface area contributed by atoms with Crippen molar-refractivity contribution < 1.29 is 4.39 Å². The Labute approximate surface area is 105 Å². The van der Waals surface area contributed by atoms with Crippen LogP contribution in [0.15, 0.2) is 12.3 Å². The van der Waals surface area contributed by atoms with Gasteiger partial charge in [0.2, 0.25) is 0 Å². The molecule has 0 spiro atoms. The lowest BCUT2D eigenvalue weighted by molar-refractivity contribution is 0.411. The number of pyridine rings is 1. The van der Waals surface area contributed by atoms with Crippen molar-refractivity contribution in [3.05, 3.63) is 23.2 Å². The van der Waals surface area contributed by atoms with E-state index in [1.54, 1.807) is 6.20 Å². The van der Waals surface area contributed by atoms with Crippen molar-refractivity contribution >= 4 is 17.3 Å². The lowest BCUT2D eigenvalue weighted by atomic mass is 9.97. The van der Waals surface area contributed by atoms with Gasteiger partial charge in [-0.05, 0) is 25.8 Å². The average Bonchev–Trinajstić information content (AvgIpc) is 2.80. The Hall–Kier alpha value is -0.870. The van der Waals surface area contributed by atoms with Gasteiger partial charge in [0, 0.05) is 24.7 Å². The number of hydrogen-bond donors (Lipinski definition) is 1. The summed E-state index contributed by atoms with van der Waals surface area (Å²) in [6.07, 6.45) is 5.14. The highest BCUT2D eigenvalue weighted by Crippen LogP contribution is 2.30. The summed E-state index contributed by atoms with van der Waals surface area (Å²) in [6.45, 7) is 2.03. The first-order valence-electron chi connectivity index (χ1n) is 6.07. The lowest BCUT2D eigenvalue weighted by Gasteiger charge is -2.38. The SMILES string of the molecule is Fc1cc(N2CCC[C@@H]3NCC[C@@H]32)cnc1Cl. The monoisotopic (exact) mass is 255 g/mol. The largest absolute Gasteiger partial charge is 0.366 e. The van der Waals surface area contributed by atoms with Crippen molar-refractivity contribution in [3.8, 4) is 0 Å². The molecule has 0 saturated carbocycles. The van der Waals surface area contributed by atoms with Gasteiger partial charge in [-0.25, -0.2) is 9.37 Å². The molecule has 92 valence electrons. The molecule has 2 saturated heterocycles. The van der Waals surface area contributed by atoms with Gasteiger partial charge in [-0.3, -0.25) is 0 Å². The fourth-order valence-electron chi connectivity index (χ4n) is 2.96. The molecule has 1 aromatic rings. The Kier molecular flexibility index (Phi) is 2.92. The van der Waals surface area contributed by atoms with Gasteiger partial charge in [0.05, 0.1) is 11.9 Å². The molecule has 2 aliphatic rings. The van der Waals surface area contributed by atoms with Crippen LogP contribution in [0.5, 0.6) is 0 Å². The molecule has 17 heavy (non-hydrogen) atoms. The fourth-order valence-corrected chi connectivity index (χ4v) is 3.06. The van der Waals surface area contributed by atoms with E-state index in [9.17, 15) is 4.39 Å². The summed E-state index contributed by atoms with van der Waals surface area (Å²) in [5.41, 5.74) is 0.852. The van der Waals surface area contributed by atoms with Crippen molar-refractivity contribution in [2.75, 3.05) is 18.0 Å². The topological polar surface area (TPSA) is 28.2 Å². The Bertz CT molecular complexity index is 426. The molecule has 3 heterocycles. The lowest BCUT2D eigenvalue weighted by Crippen LogP contribution is -2.48. The summed E-state index contributed by atoms with van der Waals surface area (Å²) in [5.74, 6) is -0.433. The molecule has 1 aromatic heterocycles. The third-order valence-corrected chi connectivity index (χ3v) is 4.02. The minimum atomic E-state index is -0.433. The van der Waals surface area contributed by atoms with Crippen LogP contribution in [0.2, 0.25) is 5.15 Å². The van der Waals surface area contributed by atoms with Crippen molar-refractivity contribution in [3.63, 3.8) is 0 Å². The third-order valence-electron chi connectivity index (χ3n) is 3.74. The molecule has 2 aliphatic heterocycles. The van der Waals surface area contributed by atoms with Gasteiger partial charge >= 0.3 is 0 Å². The van der Waals surface area contributed by atoms with Gasteiger partial charge in [0.1, 0.15) is 0 Å². The average molecular weight is 256 g/mol. The van der Waals surface area contributed by atoms with E-state index in [4.69, 9.17) is 11.6 Å². The zero-order chi connectivity index (χ0) is 11.8. The van der Waals surface area contributed by atoms with E-state index in [2.05, 4.69) is 15.2 Å². The Balaban J connectivity index is 1.89. The van der Waals surface area contributed by atoms with Crippen LogP contribution >= 0.6 is 11.6 Å². The maximum atomic E-state index is 13.4. The van der Waals surface area contributed by atoms with Crippen molar-refractivity contribution in [2.24, 2.45) is 0 Å². The zero-order valence-corrected chi connectivity index (χ0v) is 10.3. The molecule has 2 atom stereocenters. The van der Waals surface area contributed by atoms with Gasteiger partial charge < -0.3 is 10.2 Å². The van der Waals surface area contributed by atoms with E-state index in [0.29, 0.717) is 12.1 Å². The van der Waals surface area contributed by atoms with Crippen LogP contribution in [0, 0.1) is 5.82 Å². The molecule has 0 aromatic carbocycles. The van der Waals surface area contributed by atoms with Crippen molar-refractivity contribution in [1.82, 2.24) is 10.3 Å². The van der Waals surface area contributed by atoms with Crippen LogP contribution < -0.4 is 10.2 Å². The molecule has 0 unspecified atom stereocenters. The number of hydrogen-bond acceptors (Lipinski definition) is 3. The highest BCUT2D eigenvalue weighted by molar-refractivity contribution is 6.29. The van der Waals surface area contributed by atoms with E-state index in [1.807, 2.05) is 0 Å². The maximum Gasteiger partial charge on any atom is 0.164 e. The maximum absolute atomic E-state index is 13.4. The highest BCUT2D eigenvalue weighted by Gasteiger charge is 2.35. The highest BCUT2D eigenvalue weighted by atomic mass is 35.5. The van der Waals surface area contributed by atoms with Crippen LogP contribution in [0.1, 0.15) is 19.3 Å². The minimum absolute atomic E-state index is 0.0492. The van der Waals surface area contributed by atoms with Gasteiger partial charge in [-0.15, -0.1) is 0 Å². The second-order valence-corrected chi connectivity index (χ2v) is 5.08. The molecule has 0 radical (unpaired) electrons. The Morgan fingerprint density at radius 2 is 2.35 bits per heavy atom. The molecule has 5 heteroatoms. The van der Waals surface area contributed by atoms with Gasteiger partial charge in [-0.2, -0.15) is 0 Å². The minimum Gasteiger partial charge on any atom is -0.366 e. The number of halogens is 2. The van der Waals surface area contributed by atoms with Crippen LogP contribution in [0.4, 0.5) is 10.1 Å². The van der Waals surface area contributed by atoms with Crippen LogP contribution in [0.25, 0.3) is 0 Å². The van der Waals surface area contributed by atoms with E-state index < -0.39 is 5.82 Å². The van der Waals surface area contributed by atoms with Crippen molar-refractivity contribution in [2.45, 2.75) is 31.3 Å². The first kappa shape index (κ1) is 11.2.